The van der Waals surface area contributed by atoms with Crippen LogP contribution in [0.15, 0.2) is 0 Å². The molecule has 0 spiro atoms. The van der Waals surface area contributed by atoms with Gasteiger partial charge < -0.3 is 10.1 Å². The fourth-order valence-corrected chi connectivity index (χ4v) is 1.48. The molecular weight excluding hydrogens is 180 g/mol. The highest BCUT2D eigenvalue weighted by Gasteiger charge is 2.11. The maximum atomic E-state index is 11.1. The Morgan fingerprint density at radius 2 is 2.14 bits per heavy atom. The Morgan fingerprint density at radius 1 is 1.43 bits per heavy atom. The largest absolute Gasteiger partial charge is 0.450 e. The molecule has 0 radical (unpaired) electrons. The summed E-state index contributed by atoms with van der Waals surface area (Å²) in [6.45, 7) is 5.42. The number of carbonyl (C=O) groups is 1. The van der Waals surface area contributed by atoms with Gasteiger partial charge in [0.15, 0.2) is 0 Å². The molecule has 1 aliphatic heterocycles. The third kappa shape index (κ3) is 4.46. The molecule has 1 rings (SSSR count). The van der Waals surface area contributed by atoms with Crippen molar-refractivity contribution in [2.24, 2.45) is 0 Å². The van der Waals surface area contributed by atoms with Gasteiger partial charge in [-0.25, -0.2) is 4.79 Å². The van der Waals surface area contributed by atoms with Crippen LogP contribution in [0.1, 0.15) is 32.6 Å². The summed E-state index contributed by atoms with van der Waals surface area (Å²) in [5.41, 5.74) is 0. The fourth-order valence-electron chi connectivity index (χ4n) is 1.48. The van der Waals surface area contributed by atoms with E-state index in [0.29, 0.717) is 13.3 Å². The molecular formula is C10H20N2O2. The lowest BCUT2D eigenvalue weighted by molar-refractivity contribution is 0.138. The topological polar surface area (TPSA) is 41.6 Å². The zero-order chi connectivity index (χ0) is 10.2. The average Bonchev–Trinajstić information content (AvgIpc) is 2.68. The highest BCUT2D eigenvalue weighted by molar-refractivity contribution is 5.66. The summed E-state index contributed by atoms with van der Waals surface area (Å²) in [6, 6.07) is 0. The van der Waals surface area contributed by atoms with Crippen molar-refractivity contribution < 1.29 is 9.53 Å². The molecule has 0 saturated carbocycles. The highest BCUT2D eigenvalue weighted by Crippen LogP contribution is 2.04. The minimum atomic E-state index is -0.287. The number of ether oxygens (including phenoxy) is 1. The lowest BCUT2D eigenvalue weighted by Gasteiger charge is -2.15. The zero-order valence-corrected chi connectivity index (χ0v) is 8.92. The molecule has 0 aromatic heterocycles. The highest BCUT2D eigenvalue weighted by atomic mass is 16.5. The predicted molar refractivity (Wildman–Crippen MR) is 55.1 cm³/mol. The molecule has 1 amide bonds. The number of amides is 1. The van der Waals surface area contributed by atoms with Gasteiger partial charge in [0.25, 0.3) is 0 Å². The van der Waals surface area contributed by atoms with Gasteiger partial charge in [0.05, 0.1) is 13.3 Å². The summed E-state index contributed by atoms with van der Waals surface area (Å²) in [5.74, 6) is 0. The number of rotatable bonds is 5. The molecule has 0 aromatic rings. The third-order valence-electron chi connectivity index (χ3n) is 2.38. The fraction of sp³-hybridized carbons (Fsp3) is 0.900. The SMILES string of the molecule is CCCCOC(=O)NCN1CCCC1. The first kappa shape index (κ1) is 11.3. The molecule has 4 nitrogen and oxygen atoms in total. The van der Waals surface area contributed by atoms with Crippen LogP contribution in [-0.2, 0) is 4.74 Å². The van der Waals surface area contributed by atoms with Gasteiger partial charge in [-0.15, -0.1) is 0 Å². The summed E-state index contributed by atoms with van der Waals surface area (Å²) >= 11 is 0. The molecule has 1 heterocycles. The van der Waals surface area contributed by atoms with Crippen LogP contribution in [0.2, 0.25) is 0 Å². The van der Waals surface area contributed by atoms with E-state index >= 15 is 0 Å². The van der Waals surface area contributed by atoms with Gasteiger partial charge in [-0.2, -0.15) is 0 Å². The van der Waals surface area contributed by atoms with Gasteiger partial charge in [0.2, 0.25) is 0 Å². The van der Waals surface area contributed by atoms with Crippen molar-refractivity contribution in [1.29, 1.82) is 0 Å². The molecule has 0 unspecified atom stereocenters. The van der Waals surface area contributed by atoms with Crippen LogP contribution in [0, 0.1) is 0 Å². The first-order valence-corrected chi connectivity index (χ1v) is 5.46. The normalized spacial score (nSPS) is 16.9. The molecule has 1 saturated heterocycles. The van der Waals surface area contributed by atoms with Gasteiger partial charge in [-0.1, -0.05) is 13.3 Å². The number of hydrogen-bond acceptors (Lipinski definition) is 3. The minimum Gasteiger partial charge on any atom is -0.450 e. The second kappa shape index (κ2) is 6.65. The average molecular weight is 200 g/mol. The lowest BCUT2D eigenvalue weighted by atomic mass is 10.4. The van der Waals surface area contributed by atoms with E-state index in [4.69, 9.17) is 4.74 Å². The van der Waals surface area contributed by atoms with Gasteiger partial charge in [-0.3, -0.25) is 4.90 Å². The Balaban J connectivity index is 1.96. The van der Waals surface area contributed by atoms with E-state index in [-0.39, 0.29) is 6.09 Å². The number of nitrogens with zero attached hydrogens (tertiary/aromatic N) is 1. The Hall–Kier alpha value is -0.770. The van der Waals surface area contributed by atoms with Crippen LogP contribution < -0.4 is 5.32 Å². The molecule has 0 atom stereocenters. The van der Waals surface area contributed by atoms with Crippen molar-refractivity contribution >= 4 is 6.09 Å². The Labute approximate surface area is 85.6 Å². The van der Waals surface area contributed by atoms with Gasteiger partial charge in [0.1, 0.15) is 0 Å². The summed E-state index contributed by atoms with van der Waals surface area (Å²) < 4.78 is 4.97. The Bertz CT molecular complexity index is 168. The molecule has 0 bridgehead atoms. The van der Waals surface area contributed by atoms with Crippen molar-refractivity contribution in [1.82, 2.24) is 10.2 Å². The summed E-state index contributed by atoms with van der Waals surface area (Å²) in [5, 5.41) is 2.75. The molecule has 0 aliphatic carbocycles. The maximum Gasteiger partial charge on any atom is 0.408 e. The van der Waals surface area contributed by atoms with Crippen LogP contribution in [0.5, 0.6) is 0 Å². The van der Waals surface area contributed by atoms with Crippen molar-refractivity contribution in [3.63, 3.8) is 0 Å². The van der Waals surface area contributed by atoms with E-state index in [1.807, 2.05) is 0 Å². The van der Waals surface area contributed by atoms with Gasteiger partial charge >= 0.3 is 6.09 Å². The second-order valence-electron chi connectivity index (χ2n) is 3.65. The van der Waals surface area contributed by atoms with Crippen LogP contribution >= 0.6 is 0 Å². The summed E-state index contributed by atoms with van der Waals surface area (Å²) in [6.07, 6.45) is 4.20. The predicted octanol–water partition coefficient (Wildman–Crippen LogP) is 1.57. The number of alkyl carbamates (subject to hydrolysis) is 1. The molecule has 1 fully saturated rings. The molecule has 1 aliphatic rings. The van der Waals surface area contributed by atoms with E-state index in [1.165, 1.54) is 12.8 Å². The standard InChI is InChI=1S/C10H20N2O2/c1-2-3-8-14-10(13)11-9-12-6-4-5-7-12/h2-9H2,1H3,(H,11,13). The monoisotopic (exact) mass is 200 g/mol. The first-order chi connectivity index (χ1) is 6.83. The zero-order valence-electron chi connectivity index (χ0n) is 8.92. The van der Waals surface area contributed by atoms with Gasteiger partial charge in [0, 0.05) is 0 Å². The second-order valence-corrected chi connectivity index (χ2v) is 3.65. The third-order valence-corrected chi connectivity index (χ3v) is 2.38. The van der Waals surface area contributed by atoms with Crippen LogP contribution in [0.4, 0.5) is 4.79 Å². The van der Waals surface area contributed by atoms with Crippen LogP contribution in [0.3, 0.4) is 0 Å². The van der Waals surface area contributed by atoms with Crippen molar-refractivity contribution in [2.75, 3.05) is 26.4 Å². The van der Waals surface area contributed by atoms with Crippen molar-refractivity contribution in [3.8, 4) is 0 Å². The van der Waals surface area contributed by atoms with E-state index in [2.05, 4.69) is 17.1 Å². The van der Waals surface area contributed by atoms with E-state index in [9.17, 15) is 4.79 Å². The molecule has 82 valence electrons. The van der Waals surface area contributed by atoms with Crippen molar-refractivity contribution in [2.45, 2.75) is 32.6 Å². The molecule has 4 heteroatoms. The Morgan fingerprint density at radius 3 is 2.79 bits per heavy atom. The number of unbranched alkanes of at least 4 members (excludes halogenated alkanes) is 1. The van der Waals surface area contributed by atoms with Crippen LogP contribution in [-0.4, -0.2) is 37.4 Å². The van der Waals surface area contributed by atoms with E-state index < -0.39 is 0 Å². The minimum absolute atomic E-state index is 0.287. The molecule has 14 heavy (non-hydrogen) atoms. The Kier molecular flexibility index (Phi) is 5.37. The number of likely N-dealkylation sites (tertiary alicyclic amines) is 1. The summed E-state index contributed by atoms with van der Waals surface area (Å²) in [7, 11) is 0. The number of carbonyl (C=O) groups excluding carboxylic acids is 1. The van der Waals surface area contributed by atoms with Crippen molar-refractivity contribution in [3.05, 3.63) is 0 Å². The van der Waals surface area contributed by atoms with Crippen LogP contribution in [0.25, 0.3) is 0 Å². The van der Waals surface area contributed by atoms with Gasteiger partial charge in [-0.05, 0) is 32.4 Å². The van der Waals surface area contributed by atoms with E-state index in [0.717, 1.165) is 25.9 Å². The summed E-state index contributed by atoms with van der Waals surface area (Å²) in [4.78, 5) is 13.3. The first-order valence-electron chi connectivity index (χ1n) is 5.46. The van der Waals surface area contributed by atoms with E-state index in [1.54, 1.807) is 0 Å². The quantitative estimate of drug-likeness (QED) is 0.685. The number of hydrogen-bond donors (Lipinski definition) is 1. The molecule has 0 aromatic carbocycles. The smallest absolute Gasteiger partial charge is 0.408 e. The molecule has 1 N–H and O–H groups in total. The maximum absolute atomic E-state index is 11.1. The lowest BCUT2D eigenvalue weighted by Crippen LogP contribution is -2.36. The number of nitrogens with one attached hydrogen (secondary N) is 1.